The van der Waals surface area contributed by atoms with Gasteiger partial charge in [0.15, 0.2) is 0 Å². The summed E-state index contributed by atoms with van der Waals surface area (Å²) in [5.74, 6) is 1.36. The zero-order chi connectivity index (χ0) is 13.2. The van der Waals surface area contributed by atoms with Gasteiger partial charge in [-0.05, 0) is 36.2 Å². The molecule has 0 fully saturated rings. The van der Waals surface area contributed by atoms with Crippen molar-refractivity contribution in [3.8, 4) is 0 Å². The summed E-state index contributed by atoms with van der Waals surface area (Å²) >= 11 is 1.88. The lowest BCUT2D eigenvalue weighted by atomic mass is 10.0. The summed E-state index contributed by atoms with van der Waals surface area (Å²) in [5.41, 5.74) is 2.93. The van der Waals surface area contributed by atoms with Gasteiger partial charge in [0, 0.05) is 23.1 Å². The molecule has 1 unspecified atom stereocenters. The molecule has 0 saturated carbocycles. The lowest BCUT2D eigenvalue weighted by Gasteiger charge is -2.14. The predicted octanol–water partition coefficient (Wildman–Crippen LogP) is 4.44. The molecule has 0 saturated heterocycles. The molecule has 0 bridgehead atoms. The molecule has 2 aromatic rings. The first-order valence-electron chi connectivity index (χ1n) is 6.46. The van der Waals surface area contributed by atoms with E-state index in [1.165, 1.54) is 10.5 Å². The van der Waals surface area contributed by atoms with Gasteiger partial charge in [0.05, 0.1) is 5.69 Å². The fraction of sp³-hybridized carbons (Fsp3) is 0.250. The van der Waals surface area contributed by atoms with E-state index in [-0.39, 0.29) is 5.82 Å². The van der Waals surface area contributed by atoms with Crippen LogP contribution in [0.2, 0.25) is 0 Å². The van der Waals surface area contributed by atoms with Crippen molar-refractivity contribution < 1.29 is 4.39 Å². The van der Waals surface area contributed by atoms with Crippen LogP contribution in [0.4, 0.5) is 10.1 Å². The minimum absolute atomic E-state index is 0.168. The second-order valence-corrected chi connectivity index (χ2v) is 5.97. The topological polar surface area (TPSA) is 12.0 Å². The summed E-state index contributed by atoms with van der Waals surface area (Å²) in [6.07, 6.45) is 0. The molecule has 19 heavy (non-hydrogen) atoms. The summed E-state index contributed by atoms with van der Waals surface area (Å²) in [6.45, 7) is 2.68. The van der Waals surface area contributed by atoms with Crippen LogP contribution >= 0.6 is 11.8 Å². The van der Waals surface area contributed by atoms with Crippen molar-refractivity contribution in [2.24, 2.45) is 0 Å². The average molecular weight is 273 g/mol. The van der Waals surface area contributed by atoms with Gasteiger partial charge in [-0.3, -0.25) is 0 Å². The van der Waals surface area contributed by atoms with Crippen LogP contribution in [0.5, 0.6) is 0 Å². The second kappa shape index (κ2) is 5.25. The Hall–Kier alpha value is -1.48. The quantitative estimate of drug-likeness (QED) is 0.887. The molecule has 1 aliphatic rings. The Morgan fingerprint density at radius 2 is 2.11 bits per heavy atom. The van der Waals surface area contributed by atoms with Crippen LogP contribution in [-0.4, -0.2) is 12.3 Å². The maximum atomic E-state index is 13.8. The first-order chi connectivity index (χ1) is 9.24. The molecule has 0 aliphatic carbocycles. The molecule has 0 radical (unpaired) electrons. The van der Waals surface area contributed by atoms with Crippen LogP contribution in [0.1, 0.15) is 17.0 Å². The highest BCUT2D eigenvalue weighted by atomic mass is 32.2. The van der Waals surface area contributed by atoms with Crippen molar-refractivity contribution in [3.05, 3.63) is 59.4 Å². The van der Waals surface area contributed by atoms with Gasteiger partial charge >= 0.3 is 0 Å². The summed E-state index contributed by atoms with van der Waals surface area (Å²) in [5, 5.41) is 3.23. The Labute approximate surface area is 117 Å². The first kappa shape index (κ1) is 12.5. The van der Waals surface area contributed by atoms with Gasteiger partial charge in [0.2, 0.25) is 0 Å². The highest BCUT2D eigenvalue weighted by Crippen LogP contribution is 2.39. The Morgan fingerprint density at radius 3 is 2.95 bits per heavy atom. The Balaban J connectivity index is 1.71. The van der Waals surface area contributed by atoms with Crippen LogP contribution in [-0.2, 0) is 0 Å². The number of nitrogens with one attached hydrogen (secondary N) is 1. The van der Waals surface area contributed by atoms with E-state index < -0.39 is 0 Å². The molecule has 0 amide bonds. The maximum absolute atomic E-state index is 13.8. The van der Waals surface area contributed by atoms with Crippen LogP contribution in [0.15, 0.2) is 47.4 Å². The molecule has 3 heteroatoms. The molecule has 1 atom stereocenters. The summed E-state index contributed by atoms with van der Waals surface area (Å²) in [7, 11) is 0. The molecule has 1 heterocycles. The van der Waals surface area contributed by atoms with E-state index in [1.807, 2.05) is 30.8 Å². The molecule has 1 aliphatic heterocycles. The second-order valence-electron chi connectivity index (χ2n) is 4.91. The van der Waals surface area contributed by atoms with Crippen LogP contribution in [0, 0.1) is 12.7 Å². The number of rotatable bonds is 3. The van der Waals surface area contributed by atoms with Crippen LogP contribution < -0.4 is 5.32 Å². The highest BCUT2D eigenvalue weighted by Gasteiger charge is 2.22. The number of hydrogen-bond donors (Lipinski definition) is 1. The molecule has 3 rings (SSSR count). The first-order valence-corrected chi connectivity index (χ1v) is 7.44. The number of fused-ring (bicyclic) bond motifs is 1. The van der Waals surface area contributed by atoms with Gasteiger partial charge in [-0.15, -0.1) is 11.8 Å². The maximum Gasteiger partial charge on any atom is 0.146 e. The number of thioether (sulfide) groups is 1. The average Bonchev–Trinajstić information content (AvgIpc) is 2.81. The normalized spacial score (nSPS) is 17.3. The molecule has 1 nitrogen and oxygen atoms in total. The van der Waals surface area contributed by atoms with E-state index in [1.54, 1.807) is 6.07 Å². The lowest BCUT2D eigenvalue weighted by Crippen LogP contribution is -2.13. The van der Waals surface area contributed by atoms with Crippen molar-refractivity contribution >= 4 is 17.4 Å². The van der Waals surface area contributed by atoms with Crippen molar-refractivity contribution in [3.63, 3.8) is 0 Å². The standard InChI is InChI=1S/C16H16FNS/c1-11-6-7-15(14(17)8-11)18-9-12-10-19-16-5-3-2-4-13(12)16/h2-8,12,18H,9-10H2,1H3. The summed E-state index contributed by atoms with van der Waals surface area (Å²) < 4.78 is 13.8. The predicted molar refractivity (Wildman–Crippen MR) is 79.5 cm³/mol. The molecule has 0 aromatic heterocycles. The number of hydrogen-bond acceptors (Lipinski definition) is 2. The third-order valence-electron chi connectivity index (χ3n) is 3.46. The Kier molecular flexibility index (Phi) is 3.47. The fourth-order valence-corrected chi connectivity index (χ4v) is 3.65. The van der Waals surface area contributed by atoms with Gasteiger partial charge in [0.1, 0.15) is 5.82 Å². The fourth-order valence-electron chi connectivity index (χ4n) is 2.39. The van der Waals surface area contributed by atoms with Gasteiger partial charge in [0.25, 0.3) is 0 Å². The smallest absolute Gasteiger partial charge is 0.146 e. The molecule has 98 valence electrons. The SMILES string of the molecule is Cc1ccc(NCC2CSc3ccccc32)c(F)c1. The largest absolute Gasteiger partial charge is 0.382 e. The van der Waals surface area contributed by atoms with E-state index in [9.17, 15) is 4.39 Å². The van der Waals surface area contributed by atoms with Gasteiger partial charge in [-0.1, -0.05) is 24.3 Å². The third-order valence-corrected chi connectivity index (χ3v) is 4.71. The summed E-state index contributed by atoms with van der Waals surface area (Å²) in [4.78, 5) is 1.36. The molecule has 0 spiro atoms. The summed E-state index contributed by atoms with van der Waals surface area (Å²) in [6, 6.07) is 13.8. The van der Waals surface area contributed by atoms with Gasteiger partial charge in [-0.25, -0.2) is 4.39 Å². The molecular formula is C16H16FNS. The molecular weight excluding hydrogens is 257 g/mol. The van der Waals surface area contributed by atoms with E-state index in [2.05, 4.69) is 29.6 Å². The highest BCUT2D eigenvalue weighted by molar-refractivity contribution is 7.99. The zero-order valence-electron chi connectivity index (χ0n) is 10.8. The minimum atomic E-state index is -0.168. The number of anilines is 1. The number of benzene rings is 2. The van der Waals surface area contributed by atoms with Gasteiger partial charge < -0.3 is 5.32 Å². The molecule has 1 N–H and O–H groups in total. The zero-order valence-corrected chi connectivity index (χ0v) is 11.6. The lowest BCUT2D eigenvalue weighted by molar-refractivity contribution is 0.627. The minimum Gasteiger partial charge on any atom is -0.382 e. The number of aryl methyl sites for hydroxylation is 1. The van der Waals surface area contributed by atoms with Crippen molar-refractivity contribution in [2.45, 2.75) is 17.7 Å². The van der Waals surface area contributed by atoms with Crippen molar-refractivity contribution in [1.29, 1.82) is 0 Å². The monoisotopic (exact) mass is 273 g/mol. The van der Waals surface area contributed by atoms with Gasteiger partial charge in [-0.2, -0.15) is 0 Å². The Bertz CT molecular complexity index is 597. The van der Waals surface area contributed by atoms with E-state index in [4.69, 9.17) is 0 Å². The Morgan fingerprint density at radius 1 is 1.26 bits per heavy atom. The van der Waals surface area contributed by atoms with E-state index in [0.29, 0.717) is 11.6 Å². The van der Waals surface area contributed by atoms with Crippen molar-refractivity contribution in [2.75, 3.05) is 17.6 Å². The van der Waals surface area contributed by atoms with E-state index in [0.717, 1.165) is 17.9 Å². The third kappa shape index (κ3) is 2.61. The van der Waals surface area contributed by atoms with E-state index >= 15 is 0 Å². The van der Waals surface area contributed by atoms with Crippen LogP contribution in [0.3, 0.4) is 0 Å². The van der Waals surface area contributed by atoms with Crippen molar-refractivity contribution in [1.82, 2.24) is 0 Å². The molecule has 2 aromatic carbocycles. The number of halogens is 1. The van der Waals surface area contributed by atoms with Crippen LogP contribution in [0.25, 0.3) is 0 Å².